The zero-order valence-corrected chi connectivity index (χ0v) is 29.4. The van der Waals surface area contributed by atoms with Gasteiger partial charge in [-0.3, -0.25) is 0 Å². The van der Waals surface area contributed by atoms with E-state index in [1.54, 1.807) is 11.1 Å². The molecule has 0 aliphatic heterocycles. The molecule has 0 amide bonds. The standard InChI is InChI=1S/C42H78/c1-3-5-7-9-11-13-15-17-19-21-23-25-27-29-31-33-37-41-39-35-36-40-42(41)38-34-32-30-28-26-24-22-20-18-16-14-12-10-8-6-4-2/h35-36,39-40H,3-34,37-38H2,1-2H3. The van der Waals surface area contributed by atoms with Gasteiger partial charge >= 0.3 is 0 Å². The van der Waals surface area contributed by atoms with Gasteiger partial charge in [0.1, 0.15) is 0 Å². The maximum Gasteiger partial charge on any atom is -0.0276 e. The van der Waals surface area contributed by atoms with Crippen molar-refractivity contribution in [1.29, 1.82) is 0 Å². The van der Waals surface area contributed by atoms with E-state index in [4.69, 9.17) is 0 Å². The average Bonchev–Trinajstić information content (AvgIpc) is 3.01. The first-order valence-corrected chi connectivity index (χ1v) is 19.9. The van der Waals surface area contributed by atoms with Crippen LogP contribution in [0.1, 0.15) is 230 Å². The molecule has 246 valence electrons. The predicted molar refractivity (Wildman–Crippen MR) is 193 cm³/mol. The summed E-state index contributed by atoms with van der Waals surface area (Å²) >= 11 is 0. The molecule has 0 heteroatoms. The second-order valence-electron chi connectivity index (χ2n) is 13.9. The molecule has 1 aromatic rings. The van der Waals surface area contributed by atoms with Gasteiger partial charge in [0.05, 0.1) is 0 Å². The molecule has 0 atom stereocenters. The average molecular weight is 583 g/mol. The number of benzene rings is 1. The highest BCUT2D eigenvalue weighted by atomic mass is 14.1. The van der Waals surface area contributed by atoms with E-state index in [0.29, 0.717) is 0 Å². The zero-order chi connectivity index (χ0) is 30.0. The maximum atomic E-state index is 2.41. The molecule has 0 aromatic heterocycles. The van der Waals surface area contributed by atoms with Crippen molar-refractivity contribution < 1.29 is 0 Å². The third-order valence-corrected chi connectivity index (χ3v) is 9.72. The summed E-state index contributed by atoms with van der Waals surface area (Å²) in [4.78, 5) is 0. The second kappa shape index (κ2) is 33.1. The molecule has 0 aliphatic carbocycles. The third kappa shape index (κ3) is 26.8. The quantitative estimate of drug-likeness (QED) is 0.0709. The Morgan fingerprint density at radius 2 is 0.452 bits per heavy atom. The number of aryl methyl sites for hydroxylation is 2. The Morgan fingerprint density at radius 3 is 0.667 bits per heavy atom. The first kappa shape index (κ1) is 39.2. The van der Waals surface area contributed by atoms with Crippen molar-refractivity contribution >= 4 is 0 Å². The Balaban J connectivity index is 1.88. The van der Waals surface area contributed by atoms with E-state index in [1.807, 2.05) is 0 Å². The van der Waals surface area contributed by atoms with Crippen LogP contribution >= 0.6 is 0 Å². The normalized spacial score (nSPS) is 11.5. The predicted octanol–water partition coefficient (Wildman–Crippen LogP) is 15.3. The fourth-order valence-electron chi connectivity index (χ4n) is 6.77. The molecule has 0 saturated carbocycles. The minimum Gasteiger partial charge on any atom is -0.0654 e. The Kier molecular flexibility index (Phi) is 30.9. The van der Waals surface area contributed by atoms with E-state index in [1.165, 1.54) is 218 Å². The fraction of sp³-hybridized carbons (Fsp3) is 0.857. The Morgan fingerprint density at radius 1 is 0.262 bits per heavy atom. The molecule has 0 aliphatic rings. The number of hydrogen-bond donors (Lipinski definition) is 0. The van der Waals surface area contributed by atoms with Crippen LogP contribution in [0.5, 0.6) is 0 Å². The Bertz CT molecular complexity index is 576. The molecule has 0 fully saturated rings. The largest absolute Gasteiger partial charge is 0.0654 e. The van der Waals surface area contributed by atoms with E-state index in [0.717, 1.165) is 0 Å². The lowest BCUT2D eigenvalue weighted by molar-refractivity contribution is 0.528. The number of rotatable bonds is 34. The van der Waals surface area contributed by atoms with Crippen molar-refractivity contribution in [3.63, 3.8) is 0 Å². The highest BCUT2D eigenvalue weighted by molar-refractivity contribution is 5.27. The molecule has 0 unspecified atom stereocenters. The first-order chi connectivity index (χ1) is 20.9. The molecule has 0 bridgehead atoms. The van der Waals surface area contributed by atoms with Crippen LogP contribution in [-0.2, 0) is 12.8 Å². The fourth-order valence-corrected chi connectivity index (χ4v) is 6.77. The van der Waals surface area contributed by atoms with Crippen molar-refractivity contribution in [1.82, 2.24) is 0 Å². The van der Waals surface area contributed by atoms with E-state index >= 15 is 0 Å². The Labute approximate surface area is 267 Å². The van der Waals surface area contributed by atoms with Gasteiger partial charge in [-0.25, -0.2) is 0 Å². The van der Waals surface area contributed by atoms with Crippen LogP contribution in [0.25, 0.3) is 0 Å². The van der Waals surface area contributed by atoms with Crippen molar-refractivity contribution in [3.8, 4) is 0 Å². The molecule has 42 heavy (non-hydrogen) atoms. The van der Waals surface area contributed by atoms with Crippen molar-refractivity contribution in [2.24, 2.45) is 0 Å². The van der Waals surface area contributed by atoms with Gasteiger partial charge in [0, 0.05) is 0 Å². The summed E-state index contributed by atoms with van der Waals surface area (Å²) in [6.07, 6.45) is 49.1. The second-order valence-corrected chi connectivity index (χ2v) is 13.9. The van der Waals surface area contributed by atoms with E-state index < -0.39 is 0 Å². The summed E-state index contributed by atoms with van der Waals surface area (Å²) < 4.78 is 0. The highest BCUT2D eigenvalue weighted by Gasteiger charge is 2.03. The topological polar surface area (TPSA) is 0 Å². The van der Waals surface area contributed by atoms with Crippen molar-refractivity contribution in [2.45, 2.75) is 232 Å². The third-order valence-electron chi connectivity index (χ3n) is 9.72. The monoisotopic (exact) mass is 583 g/mol. The van der Waals surface area contributed by atoms with E-state index in [2.05, 4.69) is 38.1 Å². The zero-order valence-electron chi connectivity index (χ0n) is 29.4. The minimum atomic E-state index is 1.30. The van der Waals surface area contributed by atoms with Gasteiger partial charge in [0.2, 0.25) is 0 Å². The molecule has 0 nitrogen and oxygen atoms in total. The Hall–Kier alpha value is -0.780. The summed E-state index contributed by atoms with van der Waals surface area (Å²) in [6.45, 7) is 4.62. The summed E-state index contributed by atoms with van der Waals surface area (Å²) in [5, 5.41) is 0. The lowest BCUT2D eigenvalue weighted by Gasteiger charge is -2.10. The molecule has 1 aromatic carbocycles. The van der Waals surface area contributed by atoms with Gasteiger partial charge in [-0.1, -0.05) is 231 Å². The summed E-state index contributed by atoms with van der Waals surface area (Å²) in [7, 11) is 0. The molecule has 0 saturated heterocycles. The van der Waals surface area contributed by atoms with Crippen LogP contribution in [0.2, 0.25) is 0 Å². The number of unbranched alkanes of at least 4 members (excludes halogenated alkanes) is 30. The van der Waals surface area contributed by atoms with E-state index in [9.17, 15) is 0 Å². The molecule has 1 rings (SSSR count). The van der Waals surface area contributed by atoms with Gasteiger partial charge in [0.15, 0.2) is 0 Å². The SMILES string of the molecule is CCCCCCCCCCCCCCCCCCc1ccccc1CCCCCCCCCCCCCCCCCC. The molecule has 0 radical (unpaired) electrons. The summed E-state index contributed by atoms with van der Waals surface area (Å²) in [6, 6.07) is 9.35. The molecule has 0 spiro atoms. The van der Waals surface area contributed by atoms with Crippen molar-refractivity contribution in [2.75, 3.05) is 0 Å². The van der Waals surface area contributed by atoms with Crippen LogP contribution in [-0.4, -0.2) is 0 Å². The lowest BCUT2D eigenvalue weighted by atomic mass is 9.96. The van der Waals surface area contributed by atoms with Gasteiger partial charge in [0.25, 0.3) is 0 Å². The van der Waals surface area contributed by atoms with Gasteiger partial charge in [-0.05, 0) is 36.8 Å². The minimum absolute atomic E-state index is 1.30. The highest BCUT2D eigenvalue weighted by Crippen LogP contribution is 2.19. The van der Waals surface area contributed by atoms with Crippen molar-refractivity contribution in [3.05, 3.63) is 35.4 Å². The lowest BCUT2D eigenvalue weighted by Crippen LogP contribution is -1.95. The molecule has 0 heterocycles. The van der Waals surface area contributed by atoms with Crippen LogP contribution in [0.15, 0.2) is 24.3 Å². The number of hydrogen-bond acceptors (Lipinski definition) is 0. The molecule has 0 N–H and O–H groups in total. The summed E-state index contributed by atoms with van der Waals surface area (Å²) in [5.74, 6) is 0. The molecular formula is C42H78. The van der Waals surface area contributed by atoms with Crippen LogP contribution < -0.4 is 0 Å². The summed E-state index contributed by atoms with van der Waals surface area (Å²) in [5.41, 5.74) is 3.28. The van der Waals surface area contributed by atoms with Crippen LogP contribution in [0, 0.1) is 0 Å². The van der Waals surface area contributed by atoms with Gasteiger partial charge in [-0.2, -0.15) is 0 Å². The smallest absolute Gasteiger partial charge is 0.0276 e. The van der Waals surface area contributed by atoms with Gasteiger partial charge in [-0.15, -0.1) is 0 Å². The van der Waals surface area contributed by atoms with Crippen LogP contribution in [0.3, 0.4) is 0 Å². The van der Waals surface area contributed by atoms with E-state index in [-0.39, 0.29) is 0 Å². The van der Waals surface area contributed by atoms with Gasteiger partial charge < -0.3 is 0 Å². The maximum absolute atomic E-state index is 2.41. The molecular weight excluding hydrogens is 504 g/mol. The first-order valence-electron chi connectivity index (χ1n) is 19.9. The van der Waals surface area contributed by atoms with Crippen LogP contribution in [0.4, 0.5) is 0 Å².